The monoisotopic (exact) mass is 352 g/mol. The standard InChI is InChI=1S/C20H24N4O2/c1-13-7-6-10-23(12-13)19(25)14(2)24-17-9-5-4-8-15(17)16-11-21-22(3)20(26)18(16)24/h4-5,8-9,11,13-14H,6-7,10,12H2,1-3H3/t13-,14+/m1/s1. The molecule has 26 heavy (non-hydrogen) atoms. The average Bonchev–Trinajstić information content (AvgIpc) is 2.98. The van der Waals surface area contributed by atoms with Gasteiger partial charge in [-0.2, -0.15) is 5.10 Å². The number of aromatic nitrogens is 3. The molecule has 2 atom stereocenters. The van der Waals surface area contributed by atoms with Crippen LogP contribution < -0.4 is 5.56 Å². The summed E-state index contributed by atoms with van der Waals surface area (Å²) in [4.78, 5) is 28.0. The van der Waals surface area contributed by atoms with Crippen molar-refractivity contribution in [1.82, 2.24) is 19.2 Å². The second kappa shape index (κ2) is 6.27. The van der Waals surface area contributed by atoms with Crippen molar-refractivity contribution in [2.24, 2.45) is 13.0 Å². The van der Waals surface area contributed by atoms with Crippen LogP contribution in [0.1, 0.15) is 32.7 Å². The van der Waals surface area contributed by atoms with Crippen LogP contribution in [0.4, 0.5) is 0 Å². The Morgan fingerprint density at radius 1 is 1.27 bits per heavy atom. The Bertz CT molecular complexity index is 1050. The third-order valence-corrected chi connectivity index (χ3v) is 5.52. The Labute approximate surface area is 152 Å². The molecule has 0 saturated carbocycles. The van der Waals surface area contributed by atoms with E-state index >= 15 is 0 Å². The van der Waals surface area contributed by atoms with Crippen molar-refractivity contribution in [2.75, 3.05) is 13.1 Å². The van der Waals surface area contributed by atoms with Crippen molar-refractivity contribution >= 4 is 27.7 Å². The first-order valence-corrected chi connectivity index (χ1v) is 9.22. The number of hydrogen-bond donors (Lipinski definition) is 0. The SMILES string of the molecule is C[C@@H]1CCCN(C(=O)[C@H](C)n2c3ccccc3c3cnn(C)c(=O)c32)C1. The predicted molar refractivity (Wildman–Crippen MR) is 102 cm³/mol. The van der Waals surface area contributed by atoms with Gasteiger partial charge >= 0.3 is 0 Å². The van der Waals surface area contributed by atoms with Crippen LogP contribution in [0.3, 0.4) is 0 Å². The second-order valence-corrected chi connectivity index (χ2v) is 7.43. The molecule has 0 aliphatic carbocycles. The number of carbonyl (C=O) groups excluding carboxylic acids is 1. The number of aryl methyl sites for hydroxylation is 1. The largest absolute Gasteiger partial charge is 0.341 e. The first-order chi connectivity index (χ1) is 12.5. The van der Waals surface area contributed by atoms with Crippen molar-refractivity contribution in [1.29, 1.82) is 0 Å². The number of rotatable bonds is 2. The van der Waals surface area contributed by atoms with E-state index in [-0.39, 0.29) is 11.5 Å². The van der Waals surface area contributed by atoms with Crippen LogP contribution in [-0.4, -0.2) is 38.2 Å². The number of amides is 1. The number of likely N-dealkylation sites (tertiary alicyclic amines) is 1. The van der Waals surface area contributed by atoms with Gasteiger partial charge in [0.2, 0.25) is 5.91 Å². The molecule has 3 aromatic rings. The van der Waals surface area contributed by atoms with Crippen LogP contribution in [0, 0.1) is 5.92 Å². The third-order valence-electron chi connectivity index (χ3n) is 5.52. The molecule has 4 rings (SSSR count). The van der Waals surface area contributed by atoms with Gasteiger partial charge in [-0.3, -0.25) is 9.59 Å². The number of hydrogen-bond acceptors (Lipinski definition) is 3. The van der Waals surface area contributed by atoms with Gasteiger partial charge in [0.15, 0.2) is 0 Å². The van der Waals surface area contributed by atoms with E-state index in [4.69, 9.17) is 0 Å². The summed E-state index contributed by atoms with van der Waals surface area (Å²) in [6.45, 7) is 5.67. The first kappa shape index (κ1) is 16.8. The summed E-state index contributed by atoms with van der Waals surface area (Å²) in [6, 6.07) is 7.41. The summed E-state index contributed by atoms with van der Waals surface area (Å²) in [6.07, 6.45) is 3.92. The van der Waals surface area contributed by atoms with Gasteiger partial charge in [-0.05, 0) is 31.7 Å². The fourth-order valence-electron chi connectivity index (χ4n) is 4.15. The number of carbonyl (C=O) groups is 1. The molecule has 0 bridgehead atoms. The summed E-state index contributed by atoms with van der Waals surface area (Å²) >= 11 is 0. The Balaban J connectivity index is 1.90. The van der Waals surface area contributed by atoms with Gasteiger partial charge in [-0.15, -0.1) is 0 Å². The first-order valence-electron chi connectivity index (χ1n) is 9.22. The summed E-state index contributed by atoms with van der Waals surface area (Å²) in [5.41, 5.74) is 1.28. The van der Waals surface area contributed by atoms with Crippen LogP contribution in [-0.2, 0) is 11.8 Å². The molecule has 1 aromatic carbocycles. The molecule has 0 radical (unpaired) electrons. The minimum atomic E-state index is -0.433. The molecule has 2 aromatic heterocycles. The highest BCUT2D eigenvalue weighted by atomic mass is 16.2. The molecule has 0 unspecified atom stereocenters. The lowest BCUT2D eigenvalue weighted by molar-refractivity contribution is -0.135. The Kier molecular flexibility index (Phi) is 4.05. The highest BCUT2D eigenvalue weighted by molar-refractivity contribution is 6.08. The Morgan fingerprint density at radius 3 is 2.81 bits per heavy atom. The number of para-hydroxylation sites is 1. The summed E-state index contributed by atoms with van der Waals surface area (Å²) in [7, 11) is 1.64. The van der Waals surface area contributed by atoms with Gasteiger partial charge in [0.1, 0.15) is 11.6 Å². The topological polar surface area (TPSA) is 60.1 Å². The molecular formula is C20H24N4O2. The number of fused-ring (bicyclic) bond motifs is 3. The lowest BCUT2D eigenvalue weighted by Crippen LogP contribution is -2.42. The molecule has 6 nitrogen and oxygen atoms in total. The van der Waals surface area contributed by atoms with Gasteiger partial charge in [0.05, 0.1) is 11.7 Å². The molecule has 0 N–H and O–H groups in total. The molecule has 1 aliphatic rings. The molecule has 1 aliphatic heterocycles. The molecule has 1 amide bonds. The smallest absolute Gasteiger partial charge is 0.291 e. The molecule has 0 spiro atoms. The minimum Gasteiger partial charge on any atom is -0.341 e. The molecule has 1 saturated heterocycles. The zero-order chi connectivity index (χ0) is 18.4. The molecule has 1 fully saturated rings. The number of piperidine rings is 1. The van der Waals surface area contributed by atoms with E-state index in [1.807, 2.05) is 40.7 Å². The van der Waals surface area contributed by atoms with E-state index in [2.05, 4.69) is 12.0 Å². The van der Waals surface area contributed by atoms with Crippen molar-refractivity contribution in [2.45, 2.75) is 32.7 Å². The van der Waals surface area contributed by atoms with E-state index in [1.54, 1.807) is 13.2 Å². The van der Waals surface area contributed by atoms with E-state index in [0.29, 0.717) is 11.4 Å². The van der Waals surface area contributed by atoms with E-state index in [9.17, 15) is 9.59 Å². The maximum Gasteiger partial charge on any atom is 0.291 e. The summed E-state index contributed by atoms with van der Waals surface area (Å²) < 4.78 is 3.23. The van der Waals surface area contributed by atoms with E-state index < -0.39 is 6.04 Å². The van der Waals surface area contributed by atoms with Crippen molar-refractivity contribution < 1.29 is 4.79 Å². The number of benzene rings is 1. The van der Waals surface area contributed by atoms with E-state index in [0.717, 1.165) is 35.8 Å². The van der Waals surface area contributed by atoms with Crippen molar-refractivity contribution in [3.05, 3.63) is 40.8 Å². The van der Waals surface area contributed by atoms with Gasteiger partial charge in [-0.25, -0.2) is 4.68 Å². The Hall–Kier alpha value is -2.63. The second-order valence-electron chi connectivity index (χ2n) is 7.43. The zero-order valence-electron chi connectivity index (χ0n) is 15.5. The summed E-state index contributed by atoms with van der Waals surface area (Å²) in [5.74, 6) is 0.605. The molecule has 3 heterocycles. The minimum absolute atomic E-state index is 0.0815. The van der Waals surface area contributed by atoms with Crippen LogP contribution in [0.15, 0.2) is 35.3 Å². The lowest BCUT2D eigenvalue weighted by Gasteiger charge is -2.33. The average molecular weight is 352 g/mol. The van der Waals surface area contributed by atoms with Gasteiger partial charge in [0, 0.05) is 30.9 Å². The quantitative estimate of drug-likeness (QED) is 0.712. The Morgan fingerprint density at radius 2 is 2.04 bits per heavy atom. The summed E-state index contributed by atoms with van der Waals surface area (Å²) in [5, 5.41) is 5.93. The number of nitrogens with zero attached hydrogens (tertiary/aromatic N) is 4. The predicted octanol–water partition coefficient (Wildman–Crippen LogP) is 2.71. The molecule has 136 valence electrons. The highest BCUT2D eigenvalue weighted by Gasteiger charge is 2.28. The van der Waals surface area contributed by atoms with Crippen LogP contribution in [0.2, 0.25) is 0 Å². The van der Waals surface area contributed by atoms with Crippen LogP contribution >= 0.6 is 0 Å². The fourth-order valence-corrected chi connectivity index (χ4v) is 4.15. The maximum atomic E-state index is 13.2. The molecule has 6 heteroatoms. The zero-order valence-corrected chi connectivity index (χ0v) is 15.5. The van der Waals surface area contributed by atoms with Crippen LogP contribution in [0.25, 0.3) is 21.8 Å². The maximum absolute atomic E-state index is 13.2. The van der Waals surface area contributed by atoms with Gasteiger partial charge in [0.25, 0.3) is 5.56 Å². The van der Waals surface area contributed by atoms with Crippen molar-refractivity contribution in [3.63, 3.8) is 0 Å². The van der Waals surface area contributed by atoms with Gasteiger partial charge in [-0.1, -0.05) is 25.1 Å². The lowest BCUT2D eigenvalue weighted by atomic mass is 10.00. The highest BCUT2D eigenvalue weighted by Crippen LogP contribution is 2.30. The van der Waals surface area contributed by atoms with Crippen LogP contribution in [0.5, 0.6) is 0 Å². The molecular weight excluding hydrogens is 328 g/mol. The van der Waals surface area contributed by atoms with Gasteiger partial charge < -0.3 is 9.47 Å². The van der Waals surface area contributed by atoms with Crippen molar-refractivity contribution in [3.8, 4) is 0 Å². The third kappa shape index (κ3) is 2.52. The normalized spacial score (nSPS) is 19.2. The fraction of sp³-hybridized carbons (Fsp3) is 0.450. The van der Waals surface area contributed by atoms with E-state index in [1.165, 1.54) is 11.1 Å².